The van der Waals surface area contributed by atoms with Crippen molar-refractivity contribution in [3.63, 3.8) is 0 Å². The fraction of sp³-hybridized carbons (Fsp3) is 0.429. The van der Waals surface area contributed by atoms with Crippen LogP contribution in [0.25, 0.3) is 11.1 Å². The average molecular weight is 395 g/mol. The first-order chi connectivity index (χ1) is 12.6. The Kier molecular flexibility index (Phi) is 7.28. The monoisotopic (exact) mass is 394 g/mol. The van der Waals surface area contributed by atoms with Gasteiger partial charge in [-0.3, -0.25) is 0 Å². The molecule has 2 aromatic carbocycles. The lowest BCUT2D eigenvalue weighted by Gasteiger charge is -2.34. The molecular formula is C21H28F2O3Si. The molecule has 0 unspecified atom stereocenters. The van der Waals surface area contributed by atoms with Crippen molar-refractivity contribution in [2.45, 2.75) is 59.9 Å². The molecule has 6 heteroatoms. The van der Waals surface area contributed by atoms with Crippen LogP contribution in [0, 0.1) is 11.6 Å². The molecule has 3 nitrogen and oxygen atoms in total. The van der Waals surface area contributed by atoms with E-state index in [0.29, 0.717) is 5.56 Å². The van der Waals surface area contributed by atoms with Gasteiger partial charge in [-0.15, -0.1) is 0 Å². The molecule has 0 N–H and O–H groups in total. The predicted molar refractivity (Wildman–Crippen MR) is 106 cm³/mol. The standard InChI is InChI=1S/C21H28F2O3Si/c1-14(2)24-27(25-15(3)4,26-16(5)6)19-10-7-17(8-11-19)18-9-12-20(22)21(23)13-18/h7-16H,1-6H3. The second-order valence-corrected chi connectivity index (χ2v) is 9.66. The summed E-state index contributed by atoms with van der Waals surface area (Å²) >= 11 is 0. The Morgan fingerprint density at radius 2 is 1.07 bits per heavy atom. The Hall–Kier alpha value is -1.60. The van der Waals surface area contributed by atoms with Crippen molar-refractivity contribution in [1.29, 1.82) is 0 Å². The number of hydrogen-bond acceptors (Lipinski definition) is 3. The van der Waals surface area contributed by atoms with Crippen molar-refractivity contribution in [1.82, 2.24) is 0 Å². The van der Waals surface area contributed by atoms with Crippen molar-refractivity contribution < 1.29 is 22.1 Å². The van der Waals surface area contributed by atoms with Gasteiger partial charge in [-0.1, -0.05) is 30.3 Å². The van der Waals surface area contributed by atoms with Crippen molar-refractivity contribution in [3.8, 4) is 11.1 Å². The minimum absolute atomic E-state index is 0.0694. The maximum Gasteiger partial charge on any atom is 0.537 e. The van der Waals surface area contributed by atoms with E-state index in [4.69, 9.17) is 13.3 Å². The first kappa shape index (κ1) is 21.7. The normalized spacial score (nSPS) is 12.4. The Morgan fingerprint density at radius 3 is 1.48 bits per heavy atom. The third-order valence-corrected chi connectivity index (χ3v) is 7.05. The highest BCUT2D eigenvalue weighted by atomic mass is 28.4. The van der Waals surface area contributed by atoms with Gasteiger partial charge in [-0.2, -0.15) is 0 Å². The van der Waals surface area contributed by atoms with Crippen molar-refractivity contribution in [2.75, 3.05) is 0 Å². The molecule has 2 aromatic rings. The summed E-state index contributed by atoms with van der Waals surface area (Å²) in [5, 5.41) is 0.838. The van der Waals surface area contributed by atoms with E-state index < -0.39 is 20.4 Å². The molecule has 0 aliphatic carbocycles. The molecule has 0 spiro atoms. The highest BCUT2D eigenvalue weighted by Gasteiger charge is 2.46. The van der Waals surface area contributed by atoms with Gasteiger partial charge in [0.25, 0.3) is 0 Å². The zero-order valence-electron chi connectivity index (χ0n) is 16.8. The zero-order valence-corrected chi connectivity index (χ0v) is 17.8. The van der Waals surface area contributed by atoms with E-state index in [1.54, 1.807) is 6.07 Å². The molecule has 27 heavy (non-hydrogen) atoms. The van der Waals surface area contributed by atoms with Crippen LogP contribution in [-0.4, -0.2) is 27.1 Å². The number of halogens is 2. The first-order valence-electron chi connectivity index (χ1n) is 9.22. The molecule has 2 rings (SSSR count). The van der Waals surface area contributed by atoms with Gasteiger partial charge in [0.1, 0.15) is 0 Å². The molecule has 0 bridgehead atoms. The topological polar surface area (TPSA) is 27.7 Å². The van der Waals surface area contributed by atoms with Crippen molar-refractivity contribution in [3.05, 3.63) is 54.1 Å². The van der Waals surface area contributed by atoms with Gasteiger partial charge in [-0.05, 0) is 64.8 Å². The quantitative estimate of drug-likeness (QED) is 0.586. The lowest BCUT2D eigenvalue weighted by Crippen LogP contribution is -2.60. The Bertz CT molecular complexity index is 719. The predicted octanol–water partition coefficient (Wildman–Crippen LogP) is 5.05. The van der Waals surface area contributed by atoms with Gasteiger partial charge in [0, 0.05) is 23.5 Å². The Morgan fingerprint density at radius 1 is 0.630 bits per heavy atom. The third-order valence-electron chi connectivity index (χ3n) is 3.66. The largest absolute Gasteiger partial charge is 0.537 e. The van der Waals surface area contributed by atoms with E-state index >= 15 is 0 Å². The van der Waals surface area contributed by atoms with Gasteiger partial charge in [0.15, 0.2) is 11.6 Å². The molecule has 0 heterocycles. The molecule has 0 aromatic heterocycles. The van der Waals surface area contributed by atoms with Crippen LogP contribution in [-0.2, 0) is 13.3 Å². The smallest absolute Gasteiger partial charge is 0.367 e. The molecule has 0 aliphatic heterocycles. The van der Waals surface area contributed by atoms with E-state index in [-0.39, 0.29) is 18.3 Å². The molecule has 148 valence electrons. The molecule has 0 saturated heterocycles. The first-order valence-corrected chi connectivity index (χ1v) is 10.9. The average Bonchev–Trinajstić information content (AvgIpc) is 2.55. The van der Waals surface area contributed by atoms with E-state index in [0.717, 1.165) is 16.8 Å². The van der Waals surface area contributed by atoms with Crippen LogP contribution in [0.4, 0.5) is 8.78 Å². The van der Waals surface area contributed by atoms with Crippen molar-refractivity contribution in [2.24, 2.45) is 0 Å². The molecular weight excluding hydrogens is 366 g/mol. The maximum atomic E-state index is 13.5. The minimum atomic E-state index is -3.14. The molecule has 0 aliphatic rings. The summed E-state index contributed by atoms with van der Waals surface area (Å²) < 4.78 is 45.3. The summed E-state index contributed by atoms with van der Waals surface area (Å²) in [5.41, 5.74) is 1.38. The summed E-state index contributed by atoms with van der Waals surface area (Å²) in [6.07, 6.45) is -0.208. The highest BCUT2D eigenvalue weighted by Crippen LogP contribution is 2.23. The molecule has 0 saturated carbocycles. The van der Waals surface area contributed by atoms with Gasteiger partial charge in [-0.25, -0.2) is 8.78 Å². The van der Waals surface area contributed by atoms with E-state index in [1.165, 1.54) is 6.07 Å². The minimum Gasteiger partial charge on any atom is -0.367 e. The summed E-state index contributed by atoms with van der Waals surface area (Å²) in [6, 6.07) is 11.3. The summed E-state index contributed by atoms with van der Waals surface area (Å²) in [5.74, 6) is -1.72. The highest BCUT2D eigenvalue weighted by molar-refractivity contribution is 6.75. The van der Waals surface area contributed by atoms with Crippen LogP contribution in [0.15, 0.2) is 42.5 Å². The van der Waals surface area contributed by atoms with E-state index in [9.17, 15) is 8.78 Å². The van der Waals surface area contributed by atoms with Crippen LogP contribution >= 0.6 is 0 Å². The fourth-order valence-corrected chi connectivity index (χ4v) is 5.77. The molecule has 0 amide bonds. The van der Waals surface area contributed by atoms with E-state index in [2.05, 4.69) is 0 Å². The summed E-state index contributed by atoms with van der Waals surface area (Å²) in [7, 11) is -3.14. The SMILES string of the molecule is CC(C)O[Si](OC(C)C)(OC(C)C)c1ccc(-c2ccc(F)c(F)c2)cc1. The Labute approximate surface area is 161 Å². The number of rotatable bonds is 8. The second-order valence-electron chi connectivity index (χ2n) is 7.26. The molecule has 0 atom stereocenters. The fourth-order valence-electron chi connectivity index (χ4n) is 2.76. The van der Waals surface area contributed by atoms with Gasteiger partial charge < -0.3 is 13.3 Å². The van der Waals surface area contributed by atoms with Gasteiger partial charge >= 0.3 is 8.80 Å². The van der Waals surface area contributed by atoms with Crippen LogP contribution in [0.3, 0.4) is 0 Å². The van der Waals surface area contributed by atoms with Crippen LogP contribution in [0.2, 0.25) is 0 Å². The lowest BCUT2D eigenvalue weighted by atomic mass is 10.1. The number of hydrogen-bond donors (Lipinski definition) is 0. The maximum absolute atomic E-state index is 13.5. The number of benzene rings is 2. The summed E-state index contributed by atoms with van der Waals surface area (Å²) in [4.78, 5) is 0. The third kappa shape index (κ3) is 5.69. The van der Waals surface area contributed by atoms with Gasteiger partial charge in [0.05, 0.1) is 0 Å². The molecule has 0 radical (unpaired) electrons. The van der Waals surface area contributed by atoms with Crippen LogP contribution in [0.5, 0.6) is 0 Å². The van der Waals surface area contributed by atoms with Crippen LogP contribution in [0.1, 0.15) is 41.5 Å². The molecule has 0 fully saturated rings. The van der Waals surface area contributed by atoms with Gasteiger partial charge in [0.2, 0.25) is 0 Å². The lowest BCUT2D eigenvalue weighted by molar-refractivity contribution is 0.0153. The zero-order chi connectivity index (χ0) is 20.2. The Balaban J connectivity index is 2.44. The summed E-state index contributed by atoms with van der Waals surface area (Å²) in [6.45, 7) is 11.7. The van der Waals surface area contributed by atoms with E-state index in [1.807, 2.05) is 65.8 Å². The van der Waals surface area contributed by atoms with Crippen LogP contribution < -0.4 is 5.19 Å². The van der Waals surface area contributed by atoms with Crippen molar-refractivity contribution >= 4 is 14.0 Å². The second kappa shape index (κ2) is 9.06.